The molecule has 0 N–H and O–H groups in total. The van der Waals surface area contributed by atoms with E-state index in [-0.39, 0.29) is 17.2 Å². The highest BCUT2D eigenvalue weighted by Crippen LogP contribution is 2.38. The van der Waals surface area contributed by atoms with Crippen LogP contribution in [0.25, 0.3) is 23.3 Å². The summed E-state index contributed by atoms with van der Waals surface area (Å²) in [5.41, 5.74) is 2.12. The molecular weight excluding hydrogens is 512 g/mol. The van der Waals surface area contributed by atoms with Crippen LogP contribution in [0.5, 0.6) is 23.0 Å². The minimum atomic E-state index is -0.701. The van der Waals surface area contributed by atoms with Crippen molar-refractivity contribution in [2.24, 2.45) is 0 Å². The second-order valence-electron chi connectivity index (χ2n) is 7.81. The molecule has 0 aliphatic rings. The summed E-state index contributed by atoms with van der Waals surface area (Å²) in [6, 6.07) is 16.1. The number of hydrogen-bond acceptors (Lipinski definition) is 8. The number of rotatable bonds is 11. The van der Waals surface area contributed by atoms with Gasteiger partial charge >= 0.3 is 23.9 Å². The standard InChI is InChI=1S/C32H24O8/c1-5-29(33)37-24-15-10-21(11-16-24)9-12-23-19-28(40-32(36)8-4)26(20-27(23)39-31(35)7-3)22-13-17-25(18-14-22)38-30(34)6-2/h5-20H,1-4H2/b12-9+. The number of carbonyl (C=O) groups is 4. The molecule has 3 rings (SSSR count). The number of ether oxygens (including phenoxy) is 4. The first-order valence-corrected chi connectivity index (χ1v) is 11.7. The maximum atomic E-state index is 12.1. The lowest BCUT2D eigenvalue weighted by Gasteiger charge is -2.15. The molecular formula is C32H24O8. The monoisotopic (exact) mass is 536 g/mol. The van der Waals surface area contributed by atoms with Gasteiger partial charge in [-0.15, -0.1) is 0 Å². The van der Waals surface area contributed by atoms with E-state index in [0.29, 0.717) is 22.4 Å². The molecule has 0 heterocycles. The predicted molar refractivity (Wildman–Crippen MR) is 151 cm³/mol. The fraction of sp³-hybridized carbons (Fsp3) is 0. The highest BCUT2D eigenvalue weighted by molar-refractivity contribution is 5.89. The van der Waals surface area contributed by atoms with Crippen LogP contribution in [0, 0.1) is 0 Å². The summed E-state index contributed by atoms with van der Waals surface area (Å²) in [6.45, 7) is 13.6. The first-order valence-electron chi connectivity index (χ1n) is 11.7. The van der Waals surface area contributed by atoms with Gasteiger partial charge < -0.3 is 18.9 Å². The van der Waals surface area contributed by atoms with Crippen LogP contribution in [0.2, 0.25) is 0 Å². The van der Waals surface area contributed by atoms with Crippen molar-refractivity contribution in [2.45, 2.75) is 0 Å². The van der Waals surface area contributed by atoms with Gasteiger partial charge in [0.2, 0.25) is 0 Å². The van der Waals surface area contributed by atoms with E-state index >= 15 is 0 Å². The molecule has 3 aromatic rings. The molecule has 3 aromatic carbocycles. The Labute approximate surface area is 230 Å². The molecule has 8 heteroatoms. The zero-order chi connectivity index (χ0) is 29.1. The topological polar surface area (TPSA) is 105 Å². The van der Waals surface area contributed by atoms with Crippen molar-refractivity contribution in [1.29, 1.82) is 0 Å². The highest BCUT2D eigenvalue weighted by atomic mass is 16.5. The molecule has 40 heavy (non-hydrogen) atoms. The van der Waals surface area contributed by atoms with Crippen LogP contribution in [0.4, 0.5) is 0 Å². The lowest BCUT2D eigenvalue weighted by Crippen LogP contribution is -2.08. The van der Waals surface area contributed by atoms with Gasteiger partial charge in [-0.25, -0.2) is 19.2 Å². The molecule has 0 aromatic heterocycles. The summed E-state index contributed by atoms with van der Waals surface area (Å²) in [6.07, 6.45) is 7.52. The molecule has 200 valence electrons. The first-order chi connectivity index (χ1) is 19.3. The Balaban J connectivity index is 2.05. The molecule has 8 nitrogen and oxygen atoms in total. The molecule has 0 bridgehead atoms. The highest BCUT2D eigenvalue weighted by Gasteiger charge is 2.17. The fourth-order valence-corrected chi connectivity index (χ4v) is 3.26. The molecule has 0 aliphatic carbocycles. The Hall–Kier alpha value is -5.76. The Morgan fingerprint density at radius 3 is 1.48 bits per heavy atom. The van der Waals surface area contributed by atoms with Gasteiger partial charge in [0.15, 0.2) is 0 Å². The largest absolute Gasteiger partial charge is 0.423 e. The normalized spacial score (nSPS) is 10.2. The quantitative estimate of drug-likeness (QED) is 0.129. The van der Waals surface area contributed by atoms with Crippen LogP contribution in [0.15, 0.2) is 111 Å². The molecule has 0 atom stereocenters. The zero-order valence-electron chi connectivity index (χ0n) is 21.3. The van der Waals surface area contributed by atoms with Crippen molar-refractivity contribution >= 4 is 36.0 Å². The molecule has 0 saturated heterocycles. The van der Waals surface area contributed by atoms with Crippen LogP contribution < -0.4 is 18.9 Å². The molecule has 0 aliphatic heterocycles. The van der Waals surface area contributed by atoms with Gasteiger partial charge in [-0.3, -0.25) is 0 Å². The Bertz CT molecular complexity index is 1510. The van der Waals surface area contributed by atoms with Crippen LogP contribution in [-0.2, 0) is 19.2 Å². The van der Waals surface area contributed by atoms with Crippen molar-refractivity contribution < 1.29 is 38.1 Å². The number of benzene rings is 3. The summed E-state index contributed by atoms with van der Waals surface area (Å²) in [4.78, 5) is 47.2. The van der Waals surface area contributed by atoms with E-state index in [4.69, 9.17) is 18.9 Å². The van der Waals surface area contributed by atoms with E-state index in [1.165, 1.54) is 12.1 Å². The Kier molecular flexibility index (Phi) is 9.86. The third kappa shape index (κ3) is 7.87. The summed E-state index contributed by atoms with van der Waals surface area (Å²) in [5, 5.41) is 0. The molecule has 0 fully saturated rings. The minimum absolute atomic E-state index is 0.158. The zero-order valence-corrected chi connectivity index (χ0v) is 21.3. The van der Waals surface area contributed by atoms with Gasteiger partial charge in [-0.1, -0.05) is 62.7 Å². The summed E-state index contributed by atoms with van der Waals surface area (Å²) < 4.78 is 21.2. The fourth-order valence-electron chi connectivity index (χ4n) is 3.26. The minimum Gasteiger partial charge on any atom is -0.423 e. The molecule has 0 radical (unpaired) electrons. The van der Waals surface area contributed by atoms with E-state index in [9.17, 15) is 19.2 Å². The lowest BCUT2D eigenvalue weighted by atomic mass is 10.0. The third-order valence-electron chi connectivity index (χ3n) is 5.14. The van der Waals surface area contributed by atoms with E-state index in [1.54, 1.807) is 60.7 Å². The predicted octanol–water partition coefficient (Wildman–Crippen LogP) is 5.89. The smallest absolute Gasteiger partial charge is 0.335 e. The average molecular weight is 537 g/mol. The van der Waals surface area contributed by atoms with Crippen molar-refractivity contribution in [3.63, 3.8) is 0 Å². The summed E-state index contributed by atoms with van der Waals surface area (Å²) >= 11 is 0. The van der Waals surface area contributed by atoms with Crippen LogP contribution in [0.3, 0.4) is 0 Å². The summed E-state index contributed by atoms with van der Waals surface area (Å²) in [7, 11) is 0. The van der Waals surface area contributed by atoms with Crippen LogP contribution in [-0.4, -0.2) is 23.9 Å². The number of esters is 4. The molecule has 0 unspecified atom stereocenters. The SMILES string of the molecule is C=CC(=O)Oc1ccc(/C=C/c2cc(OC(=O)C=C)c(-c3ccc(OC(=O)C=C)cc3)cc2OC(=O)C=C)cc1. The maximum absolute atomic E-state index is 12.1. The van der Waals surface area contributed by atoms with E-state index in [2.05, 4.69) is 26.3 Å². The average Bonchev–Trinajstić information content (AvgIpc) is 2.97. The molecule has 0 saturated carbocycles. The second kappa shape index (κ2) is 13.7. The van der Waals surface area contributed by atoms with Gasteiger partial charge in [0.25, 0.3) is 0 Å². The van der Waals surface area contributed by atoms with Gasteiger partial charge in [0.05, 0.1) is 0 Å². The van der Waals surface area contributed by atoms with Crippen molar-refractivity contribution in [3.05, 3.63) is 122 Å². The van der Waals surface area contributed by atoms with Crippen molar-refractivity contribution in [3.8, 4) is 34.1 Å². The number of carbonyl (C=O) groups excluding carboxylic acids is 4. The summed E-state index contributed by atoms with van der Waals surface area (Å²) in [5.74, 6) is -1.65. The third-order valence-corrected chi connectivity index (χ3v) is 5.14. The molecule has 0 amide bonds. The van der Waals surface area contributed by atoms with Crippen LogP contribution >= 0.6 is 0 Å². The lowest BCUT2D eigenvalue weighted by molar-refractivity contribution is -0.130. The van der Waals surface area contributed by atoms with E-state index in [1.807, 2.05) is 0 Å². The second-order valence-corrected chi connectivity index (χ2v) is 7.81. The van der Waals surface area contributed by atoms with Gasteiger partial charge in [-0.05, 0) is 47.5 Å². The first kappa shape index (κ1) is 28.8. The van der Waals surface area contributed by atoms with Gasteiger partial charge in [-0.2, -0.15) is 0 Å². The van der Waals surface area contributed by atoms with E-state index < -0.39 is 23.9 Å². The molecule has 0 spiro atoms. The van der Waals surface area contributed by atoms with Crippen LogP contribution in [0.1, 0.15) is 11.1 Å². The van der Waals surface area contributed by atoms with Gasteiger partial charge in [0, 0.05) is 35.4 Å². The number of hydrogen-bond donors (Lipinski definition) is 0. The Morgan fingerprint density at radius 2 is 0.975 bits per heavy atom. The maximum Gasteiger partial charge on any atom is 0.335 e. The van der Waals surface area contributed by atoms with Crippen molar-refractivity contribution in [2.75, 3.05) is 0 Å². The Morgan fingerprint density at radius 1 is 0.525 bits per heavy atom. The van der Waals surface area contributed by atoms with Crippen molar-refractivity contribution in [1.82, 2.24) is 0 Å². The van der Waals surface area contributed by atoms with E-state index in [0.717, 1.165) is 29.9 Å². The van der Waals surface area contributed by atoms with Gasteiger partial charge in [0.1, 0.15) is 23.0 Å².